The highest BCUT2D eigenvalue weighted by Gasteiger charge is 2.32. The van der Waals surface area contributed by atoms with Crippen molar-refractivity contribution in [3.8, 4) is 0 Å². The molecule has 0 bridgehead atoms. The summed E-state index contributed by atoms with van der Waals surface area (Å²) >= 11 is 0. The Morgan fingerprint density at radius 1 is 1.63 bits per heavy atom. The molecular weight excluding hydrogens is 242 g/mol. The van der Waals surface area contributed by atoms with E-state index < -0.39 is 0 Å². The van der Waals surface area contributed by atoms with Gasteiger partial charge in [-0.05, 0) is 25.7 Å². The van der Waals surface area contributed by atoms with Crippen LogP contribution in [-0.4, -0.2) is 45.3 Å². The number of aromatic nitrogens is 3. The van der Waals surface area contributed by atoms with Gasteiger partial charge in [0.2, 0.25) is 0 Å². The number of nitrogens with zero attached hydrogens (tertiary/aromatic N) is 4. The lowest BCUT2D eigenvalue weighted by Gasteiger charge is -2.25. The van der Waals surface area contributed by atoms with Gasteiger partial charge in [0.05, 0.1) is 0 Å². The van der Waals surface area contributed by atoms with Crippen LogP contribution in [0, 0.1) is 5.92 Å². The van der Waals surface area contributed by atoms with E-state index in [-0.39, 0.29) is 6.03 Å². The molecule has 1 atom stereocenters. The first-order chi connectivity index (χ1) is 9.13. The zero-order chi connectivity index (χ0) is 13.8. The summed E-state index contributed by atoms with van der Waals surface area (Å²) in [5.41, 5.74) is 0. The summed E-state index contributed by atoms with van der Waals surface area (Å²) in [6.45, 7) is 5.48. The summed E-state index contributed by atoms with van der Waals surface area (Å²) in [5, 5.41) is 10.8. The van der Waals surface area contributed by atoms with E-state index in [1.165, 1.54) is 12.8 Å². The van der Waals surface area contributed by atoms with Crippen LogP contribution in [0.5, 0.6) is 0 Å². The van der Waals surface area contributed by atoms with E-state index in [4.69, 9.17) is 0 Å². The van der Waals surface area contributed by atoms with Crippen LogP contribution < -0.4 is 5.32 Å². The molecule has 1 heterocycles. The highest BCUT2D eigenvalue weighted by atomic mass is 16.2. The predicted molar refractivity (Wildman–Crippen MR) is 72.7 cm³/mol. The quantitative estimate of drug-likeness (QED) is 0.842. The van der Waals surface area contributed by atoms with Gasteiger partial charge in [-0.15, -0.1) is 10.2 Å². The van der Waals surface area contributed by atoms with Crippen molar-refractivity contribution in [2.24, 2.45) is 5.92 Å². The summed E-state index contributed by atoms with van der Waals surface area (Å²) in [4.78, 5) is 13.8. The number of carbonyl (C=O) groups is 1. The first-order valence-corrected chi connectivity index (χ1v) is 7.00. The smallest absolute Gasteiger partial charge is 0.317 e. The summed E-state index contributed by atoms with van der Waals surface area (Å²) in [7, 11) is 1.87. The summed E-state index contributed by atoms with van der Waals surface area (Å²) in [5.74, 6) is 1.65. The standard InChI is InChI=1S/C13H23N5O/c1-4-12-16-15-9-18(12)8-7-14-13(19)17(3)10(2)11-5-6-11/h9-11H,4-8H2,1-3H3,(H,14,19). The van der Waals surface area contributed by atoms with E-state index in [1.807, 2.05) is 23.4 Å². The van der Waals surface area contributed by atoms with Gasteiger partial charge in [0.1, 0.15) is 12.2 Å². The van der Waals surface area contributed by atoms with E-state index in [0.717, 1.165) is 12.2 Å². The number of nitrogens with one attached hydrogen (secondary N) is 1. The number of amides is 2. The van der Waals surface area contributed by atoms with Crippen LogP contribution in [0.2, 0.25) is 0 Å². The summed E-state index contributed by atoms with van der Waals surface area (Å²) in [6, 6.07) is 0.339. The molecule has 0 spiro atoms. The zero-order valence-electron chi connectivity index (χ0n) is 12.0. The molecule has 19 heavy (non-hydrogen) atoms. The Hall–Kier alpha value is -1.59. The van der Waals surface area contributed by atoms with E-state index in [9.17, 15) is 4.79 Å². The fraction of sp³-hybridized carbons (Fsp3) is 0.769. The van der Waals surface area contributed by atoms with Crippen molar-refractivity contribution in [2.75, 3.05) is 13.6 Å². The molecule has 0 aliphatic heterocycles. The predicted octanol–water partition coefficient (Wildman–Crippen LogP) is 1.28. The van der Waals surface area contributed by atoms with E-state index in [1.54, 1.807) is 6.33 Å². The summed E-state index contributed by atoms with van der Waals surface area (Å²) < 4.78 is 1.98. The lowest BCUT2D eigenvalue weighted by Crippen LogP contribution is -2.44. The second-order valence-electron chi connectivity index (χ2n) is 5.21. The van der Waals surface area contributed by atoms with Crippen molar-refractivity contribution < 1.29 is 4.79 Å². The maximum Gasteiger partial charge on any atom is 0.317 e. The zero-order valence-corrected chi connectivity index (χ0v) is 12.0. The molecule has 6 nitrogen and oxygen atoms in total. The third-order valence-electron chi connectivity index (χ3n) is 3.88. The molecule has 1 saturated carbocycles. The first kappa shape index (κ1) is 13.8. The van der Waals surface area contributed by atoms with Gasteiger partial charge < -0.3 is 14.8 Å². The summed E-state index contributed by atoms with van der Waals surface area (Å²) in [6.07, 6.45) is 5.06. The molecule has 1 aliphatic carbocycles. The molecule has 1 aromatic heterocycles. The van der Waals surface area contributed by atoms with Crippen LogP contribution in [0.25, 0.3) is 0 Å². The second kappa shape index (κ2) is 6.04. The Balaban J connectivity index is 1.74. The minimum absolute atomic E-state index is 0.00511. The maximum absolute atomic E-state index is 12.0. The van der Waals surface area contributed by atoms with Crippen molar-refractivity contribution in [3.05, 3.63) is 12.2 Å². The molecular formula is C13H23N5O. The molecule has 1 aromatic rings. The fourth-order valence-corrected chi connectivity index (χ4v) is 2.23. The Labute approximate surface area is 114 Å². The molecule has 6 heteroatoms. The minimum Gasteiger partial charge on any atom is -0.336 e. The van der Waals surface area contributed by atoms with Crippen molar-refractivity contribution in [2.45, 2.75) is 45.7 Å². The van der Waals surface area contributed by atoms with Crippen LogP contribution in [0.15, 0.2) is 6.33 Å². The number of aryl methyl sites for hydroxylation is 1. The Morgan fingerprint density at radius 3 is 3.00 bits per heavy atom. The number of rotatable bonds is 6. The average Bonchev–Trinajstić information content (AvgIpc) is 3.17. The molecule has 1 fully saturated rings. The molecule has 2 amide bonds. The Kier molecular flexibility index (Phi) is 4.39. The average molecular weight is 265 g/mol. The van der Waals surface area contributed by atoms with Gasteiger partial charge in [-0.3, -0.25) is 0 Å². The Bertz CT molecular complexity index is 426. The first-order valence-electron chi connectivity index (χ1n) is 7.00. The van der Waals surface area contributed by atoms with Crippen molar-refractivity contribution in [3.63, 3.8) is 0 Å². The monoisotopic (exact) mass is 265 g/mol. The van der Waals surface area contributed by atoms with Crippen molar-refractivity contribution in [1.29, 1.82) is 0 Å². The molecule has 1 N–H and O–H groups in total. The fourth-order valence-electron chi connectivity index (χ4n) is 2.23. The molecule has 0 saturated heterocycles. The van der Waals surface area contributed by atoms with Crippen LogP contribution in [-0.2, 0) is 13.0 Å². The van der Waals surface area contributed by atoms with Gasteiger partial charge in [0, 0.05) is 32.6 Å². The van der Waals surface area contributed by atoms with Crippen LogP contribution in [0.4, 0.5) is 4.79 Å². The van der Waals surface area contributed by atoms with Crippen molar-refractivity contribution >= 4 is 6.03 Å². The topological polar surface area (TPSA) is 63.1 Å². The van der Waals surface area contributed by atoms with E-state index >= 15 is 0 Å². The van der Waals surface area contributed by atoms with Gasteiger partial charge in [-0.25, -0.2) is 4.79 Å². The third-order valence-corrected chi connectivity index (χ3v) is 3.88. The molecule has 106 valence electrons. The largest absolute Gasteiger partial charge is 0.336 e. The van der Waals surface area contributed by atoms with Gasteiger partial charge in [0.25, 0.3) is 0 Å². The maximum atomic E-state index is 12.0. The van der Waals surface area contributed by atoms with Gasteiger partial charge in [-0.1, -0.05) is 6.92 Å². The lowest BCUT2D eigenvalue weighted by atomic mass is 10.2. The Morgan fingerprint density at radius 2 is 2.37 bits per heavy atom. The number of carbonyl (C=O) groups excluding carboxylic acids is 1. The number of urea groups is 1. The normalized spacial score (nSPS) is 16.2. The van der Waals surface area contributed by atoms with Crippen LogP contribution in [0.1, 0.15) is 32.5 Å². The van der Waals surface area contributed by atoms with Crippen LogP contribution >= 0.6 is 0 Å². The molecule has 0 radical (unpaired) electrons. The van der Waals surface area contributed by atoms with Gasteiger partial charge in [-0.2, -0.15) is 0 Å². The van der Waals surface area contributed by atoms with E-state index in [0.29, 0.717) is 25.0 Å². The van der Waals surface area contributed by atoms with Crippen molar-refractivity contribution in [1.82, 2.24) is 25.0 Å². The number of hydrogen-bond donors (Lipinski definition) is 1. The van der Waals surface area contributed by atoms with Crippen LogP contribution in [0.3, 0.4) is 0 Å². The highest BCUT2D eigenvalue weighted by molar-refractivity contribution is 5.74. The van der Waals surface area contributed by atoms with E-state index in [2.05, 4.69) is 22.4 Å². The third kappa shape index (κ3) is 3.45. The molecule has 0 aromatic carbocycles. The SMILES string of the molecule is CCc1nncn1CCNC(=O)N(C)C(C)C1CC1. The highest BCUT2D eigenvalue weighted by Crippen LogP contribution is 2.34. The molecule has 2 rings (SSSR count). The molecule has 1 unspecified atom stereocenters. The molecule has 1 aliphatic rings. The number of hydrogen-bond acceptors (Lipinski definition) is 3. The minimum atomic E-state index is 0.00511. The second-order valence-corrected chi connectivity index (χ2v) is 5.21. The lowest BCUT2D eigenvalue weighted by molar-refractivity contribution is 0.187. The van der Waals surface area contributed by atoms with Gasteiger partial charge in [0.15, 0.2) is 0 Å². The van der Waals surface area contributed by atoms with Gasteiger partial charge >= 0.3 is 6.03 Å².